The molecule has 0 aliphatic rings. The van der Waals surface area contributed by atoms with E-state index in [9.17, 15) is 9.90 Å². The van der Waals surface area contributed by atoms with Crippen molar-refractivity contribution in [2.45, 2.75) is 12.5 Å². The summed E-state index contributed by atoms with van der Waals surface area (Å²) >= 11 is 0. The van der Waals surface area contributed by atoms with Crippen LogP contribution < -0.4 is 0 Å². The number of carboxylic acids is 1. The molecule has 2 aromatic rings. The number of carbonyl (C=O) groups is 1. The zero-order chi connectivity index (χ0) is 13.0. The maximum Gasteiger partial charge on any atom is 0.337 e. The predicted octanol–water partition coefficient (Wildman–Crippen LogP) is 2.40. The van der Waals surface area contributed by atoms with Gasteiger partial charge in [0.25, 0.3) is 0 Å². The number of hydrogen-bond donors (Lipinski definition) is 2. The molecule has 0 bridgehead atoms. The third kappa shape index (κ3) is 2.96. The van der Waals surface area contributed by atoms with Crippen molar-refractivity contribution in [3.8, 4) is 0 Å². The van der Waals surface area contributed by atoms with Crippen LogP contribution in [0.15, 0.2) is 54.6 Å². The molecule has 0 heterocycles. The van der Waals surface area contributed by atoms with Crippen molar-refractivity contribution in [1.29, 1.82) is 0 Å². The molecule has 0 aromatic heterocycles. The van der Waals surface area contributed by atoms with Gasteiger partial charge in [0, 0.05) is 0 Å². The second-order valence-corrected chi connectivity index (χ2v) is 4.14. The van der Waals surface area contributed by atoms with Crippen LogP contribution in [-0.4, -0.2) is 16.2 Å². The van der Waals surface area contributed by atoms with E-state index in [4.69, 9.17) is 5.11 Å². The predicted molar refractivity (Wildman–Crippen MR) is 68.3 cm³/mol. The Balaban J connectivity index is 2.11. The molecular weight excluding hydrogens is 228 g/mol. The van der Waals surface area contributed by atoms with Gasteiger partial charge in [-0.05, 0) is 23.1 Å². The molecule has 92 valence electrons. The fourth-order valence-corrected chi connectivity index (χ4v) is 1.79. The summed E-state index contributed by atoms with van der Waals surface area (Å²) in [5.41, 5.74) is 2.69. The second-order valence-electron chi connectivity index (χ2n) is 4.14. The maximum absolute atomic E-state index is 10.6. The van der Waals surface area contributed by atoms with Crippen LogP contribution >= 0.6 is 0 Å². The van der Waals surface area contributed by atoms with E-state index in [0.29, 0.717) is 5.56 Å². The largest absolute Gasteiger partial charge is 0.479 e. The van der Waals surface area contributed by atoms with Gasteiger partial charge >= 0.3 is 5.97 Å². The van der Waals surface area contributed by atoms with E-state index < -0.39 is 12.1 Å². The third-order valence-corrected chi connectivity index (χ3v) is 2.78. The summed E-state index contributed by atoms with van der Waals surface area (Å²) in [6, 6.07) is 17.0. The number of benzene rings is 2. The Morgan fingerprint density at radius 2 is 1.50 bits per heavy atom. The number of aliphatic carboxylic acids is 1. The fraction of sp³-hybridized carbons (Fsp3) is 0.133. The zero-order valence-corrected chi connectivity index (χ0v) is 9.78. The van der Waals surface area contributed by atoms with E-state index in [1.54, 1.807) is 12.1 Å². The van der Waals surface area contributed by atoms with Gasteiger partial charge in [0.1, 0.15) is 0 Å². The first kappa shape index (κ1) is 12.3. The van der Waals surface area contributed by atoms with Crippen molar-refractivity contribution in [3.05, 3.63) is 71.3 Å². The van der Waals surface area contributed by atoms with Crippen molar-refractivity contribution in [3.63, 3.8) is 0 Å². The number of hydrogen-bond acceptors (Lipinski definition) is 2. The Morgan fingerprint density at radius 3 is 2.06 bits per heavy atom. The minimum atomic E-state index is -1.45. The van der Waals surface area contributed by atoms with Gasteiger partial charge in [-0.1, -0.05) is 54.6 Å². The quantitative estimate of drug-likeness (QED) is 0.865. The molecule has 0 fully saturated rings. The summed E-state index contributed by atoms with van der Waals surface area (Å²) in [4.78, 5) is 10.6. The maximum atomic E-state index is 10.6. The van der Waals surface area contributed by atoms with Crippen molar-refractivity contribution in [2.75, 3.05) is 0 Å². The first-order chi connectivity index (χ1) is 8.66. The topological polar surface area (TPSA) is 57.5 Å². The van der Waals surface area contributed by atoms with Crippen LogP contribution in [0.2, 0.25) is 0 Å². The molecule has 0 aliphatic heterocycles. The highest BCUT2D eigenvalue weighted by Crippen LogP contribution is 2.16. The smallest absolute Gasteiger partial charge is 0.337 e. The van der Waals surface area contributed by atoms with Crippen LogP contribution in [-0.2, 0) is 11.2 Å². The molecular formula is C15H14O3. The van der Waals surface area contributed by atoms with E-state index in [2.05, 4.69) is 0 Å². The van der Waals surface area contributed by atoms with Gasteiger partial charge in [-0.15, -0.1) is 0 Å². The highest BCUT2D eigenvalue weighted by atomic mass is 16.4. The van der Waals surface area contributed by atoms with Crippen molar-refractivity contribution in [2.24, 2.45) is 0 Å². The van der Waals surface area contributed by atoms with Gasteiger partial charge in [-0.2, -0.15) is 0 Å². The van der Waals surface area contributed by atoms with Gasteiger partial charge in [-0.25, -0.2) is 4.79 Å². The van der Waals surface area contributed by atoms with E-state index in [1.807, 2.05) is 42.5 Å². The lowest BCUT2D eigenvalue weighted by atomic mass is 10.0. The summed E-state index contributed by atoms with van der Waals surface area (Å²) in [5.74, 6) is -1.23. The van der Waals surface area contributed by atoms with Gasteiger partial charge in [0.2, 0.25) is 0 Å². The second kappa shape index (κ2) is 5.47. The molecule has 0 aliphatic carbocycles. The molecule has 1 unspecified atom stereocenters. The number of rotatable bonds is 4. The molecule has 18 heavy (non-hydrogen) atoms. The molecule has 0 radical (unpaired) electrons. The molecule has 2 rings (SSSR count). The first-order valence-electron chi connectivity index (χ1n) is 5.70. The minimum Gasteiger partial charge on any atom is -0.479 e. The normalized spacial score (nSPS) is 12.1. The highest BCUT2D eigenvalue weighted by molar-refractivity contribution is 5.73. The molecule has 0 saturated heterocycles. The monoisotopic (exact) mass is 242 g/mol. The summed E-state index contributed by atoms with van der Waals surface area (Å²) in [6.07, 6.45) is -0.652. The van der Waals surface area contributed by atoms with Crippen LogP contribution in [0.1, 0.15) is 22.8 Å². The molecule has 3 nitrogen and oxygen atoms in total. The molecule has 3 heteroatoms. The number of aliphatic hydroxyl groups excluding tert-OH is 1. The summed E-state index contributed by atoms with van der Waals surface area (Å²) in [5, 5.41) is 18.1. The summed E-state index contributed by atoms with van der Waals surface area (Å²) in [7, 11) is 0. The molecule has 0 amide bonds. The molecule has 1 atom stereocenters. The minimum absolute atomic E-state index is 0.402. The lowest BCUT2D eigenvalue weighted by Gasteiger charge is -2.07. The number of aliphatic hydroxyl groups is 1. The van der Waals surface area contributed by atoms with Gasteiger partial charge in [0.05, 0.1) is 0 Å². The van der Waals surface area contributed by atoms with E-state index in [0.717, 1.165) is 12.0 Å². The van der Waals surface area contributed by atoms with Crippen LogP contribution in [0.3, 0.4) is 0 Å². The van der Waals surface area contributed by atoms with Crippen LogP contribution in [0.25, 0.3) is 0 Å². The zero-order valence-electron chi connectivity index (χ0n) is 9.78. The van der Waals surface area contributed by atoms with Crippen LogP contribution in [0, 0.1) is 0 Å². The number of carboxylic acid groups (broad SMARTS) is 1. The van der Waals surface area contributed by atoms with Crippen LogP contribution in [0.5, 0.6) is 0 Å². The van der Waals surface area contributed by atoms with Gasteiger partial charge in [-0.3, -0.25) is 0 Å². The SMILES string of the molecule is O=C(O)C(O)c1ccc(Cc2ccccc2)cc1. The molecule has 0 spiro atoms. The Labute approximate surface area is 105 Å². The first-order valence-corrected chi connectivity index (χ1v) is 5.70. The lowest BCUT2D eigenvalue weighted by Crippen LogP contribution is -2.10. The average Bonchev–Trinajstić information content (AvgIpc) is 2.40. The molecule has 0 saturated carbocycles. The van der Waals surface area contributed by atoms with E-state index in [1.165, 1.54) is 5.56 Å². The van der Waals surface area contributed by atoms with Crippen molar-refractivity contribution < 1.29 is 15.0 Å². The Morgan fingerprint density at radius 1 is 0.944 bits per heavy atom. The van der Waals surface area contributed by atoms with Gasteiger partial charge < -0.3 is 10.2 Å². The van der Waals surface area contributed by atoms with Crippen molar-refractivity contribution >= 4 is 5.97 Å². The summed E-state index contributed by atoms with van der Waals surface area (Å²) < 4.78 is 0. The molecule has 2 N–H and O–H groups in total. The standard InChI is InChI=1S/C15H14O3/c16-14(15(17)18)13-8-6-12(7-9-13)10-11-4-2-1-3-5-11/h1-9,14,16H,10H2,(H,17,18). The van der Waals surface area contributed by atoms with Gasteiger partial charge in [0.15, 0.2) is 6.10 Å². The van der Waals surface area contributed by atoms with E-state index in [-0.39, 0.29) is 0 Å². The Hall–Kier alpha value is -2.13. The van der Waals surface area contributed by atoms with E-state index >= 15 is 0 Å². The summed E-state index contributed by atoms with van der Waals surface area (Å²) in [6.45, 7) is 0. The third-order valence-electron chi connectivity index (χ3n) is 2.78. The average molecular weight is 242 g/mol. The van der Waals surface area contributed by atoms with Crippen LogP contribution in [0.4, 0.5) is 0 Å². The fourth-order valence-electron chi connectivity index (χ4n) is 1.79. The van der Waals surface area contributed by atoms with Crippen molar-refractivity contribution in [1.82, 2.24) is 0 Å². The highest BCUT2D eigenvalue weighted by Gasteiger charge is 2.15. The Bertz CT molecular complexity index is 517. The Kier molecular flexibility index (Phi) is 3.75. The molecule has 2 aromatic carbocycles. The lowest BCUT2D eigenvalue weighted by molar-refractivity contribution is -0.146.